The van der Waals surface area contributed by atoms with Crippen LogP contribution in [0.1, 0.15) is 42.2 Å². The summed E-state index contributed by atoms with van der Waals surface area (Å²) in [5, 5.41) is 0. The molecule has 0 saturated carbocycles. The highest BCUT2D eigenvalue weighted by Crippen LogP contribution is 2.45. The Morgan fingerprint density at radius 2 is 1.71 bits per heavy atom. The molecule has 0 aromatic heterocycles. The maximum atomic E-state index is 13.0. The number of aliphatic imine (C=N–C) groups is 1. The average Bonchev–Trinajstić information content (AvgIpc) is 3.23. The van der Waals surface area contributed by atoms with Crippen molar-refractivity contribution in [2.45, 2.75) is 38.2 Å². The minimum atomic E-state index is -0.787. The maximum Gasteiger partial charge on any atom is 0.335 e. The molecule has 31 heavy (non-hydrogen) atoms. The van der Waals surface area contributed by atoms with E-state index in [9.17, 15) is 4.79 Å². The standard InChI is InChI=1S/C26H23NO4/c1-26(2)20-14-13-19(15-21(20)31-26)23-22(25(28)29-16-17-9-5-3-6-10-17)27-24(30-23)18-11-7-4-8-12-18/h3-15,22-23H,16H2,1-2H3. The van der Waals surface area contributed by atoms with Crippen LogP contribution in [0.2, 0.25) is 0 Å². The molecular formula is C26H23NO4. The smallest absolute Gasteiger partial charge is 0.335 e. The van der Waals surface area contributed by atoms with Crippen LogP contribution in [0.5, 0.6) is 5.75 Å². The van der Waals surface area contributed by atoms with E-state index in [1.807, 2.05) is 92.7 Å². The summed E-state index contributed by atoms with van der Waals surface area (Å²) >= 11 is 0. The predicted molar refractivity (Wildman–Crippen MR) is 117 cm³/mol. The molecule has 5 nitrogen and oxygen atoms in total. The molecule has 2 atom stereocenters. The summed E-state index contributed by atoms with van der Waals surface area (Å²) in [6, 6.07) is 24.4. The number of nitrogens with zero attached hydrogens (tertiary/aromatic N) is 1. The Bertz CT molecular complexity index is 1140. The summed E-state index contributed by atoms with van der Waals surface area (Å²) in [6.45, 7) is 4.25. The van der Waals surface area contributed by atoms with Crippen molar-refractivity contribution in [3.05, 3.63) is 101 Å². The van der Waals surface area contributed by atoms with E-state index in [0.717, 1.165) is 28.0 Å². The van der Waals surface area contributed by atoms with Gasteiger partial charge in [0.05, 0.1) is 0 Å². The van der Waals surface area contributed by atoms with Crippen molar-refractivity contribution in [1.29, 1.82) is 0 Å². The number of hydrogen-bond acceptors (Lipinski definition) is 5. The highest BCUT2D eigenvalue weighted by atomic mass is 16.5. The Kier molecular flexibility index (Phi) is 4.74. The number of esters is 1. The minimum Gasteiger partial charge on any atom is -0.483 e. The lowest BCUT2D eigenvalue weighted by molar-refractivity contribution is -0.148. The molecule has 0 fully saturated rings. The van der Waals surface area contributed by atoms with Crippen molar-refractivity contribution in [2.24, 2.45) is 4.99 Å². The van der Waals surface area contributed by atoms with Crippen molar-refractivity contribution in [3.63, 3.8) is 0 Å². The number of fused-ring (bicyclic) bond motifs is 1. The van der Waals surface area contributed by atoms with E-state index in [4.69, 9.17) is 14.2 Å². The van der Waals surface area contributed by atoms with E-state index in [0.29, 0.717) is 5.90 Å². The first-order valence-electron chi connectivity index (χ1n) is 10.4. The zero-order valence-electron chi connectivity index (χ0n) is 17.4. The van der Waals surface area contributed by atoms with Gasteiger partial charge in [-0.05, 0) is 43.2 Å². The Morgan fingerprint density at radius 1 is 1.00 bits per heavy atom. The number of carbonyl (C=O) groups is 1. The van der Waals surface area contributed by atoms with E-state index < -0.39 is 18.1 Å². The first kappa shape index (κ1) is 19.4. The van der Waals surface area contributed by atoms with Gasteiger partial charge in [-0.1, -0.05) is 60.7 Å². The first-order chi connectivity index (χ1) is 15.0. The Morgan fingerprint density at radius 3 is 2.39 bits per heavy atom. The summed E-state index contributed by atoms with van der Waals surface area (Å²) in [5.74, 6) is 0.843. The highest BCUT2D eigenvalue weighted by molar-refractivity contribution is 5.98. The second kappa shape index (κ2) is 7.58. The number of carbonyl (C=O) groups excluding carboxylic acids is 1. The van der Waals surface area contributed by atoms with E-state index in [2.05, 4.69) is 4.99 Å². The molecular weight excluding hydrogens is 390 g/mol. The molecule has 5 rings (SSSR count). The van der Waals surface area contributed by atoms with Crippen molar-refractivity contribution < 1.29 is 19.0 Å². The molecule has 0 spiro atoms. The van der Waals surface area contributed by atoms with Crippen LogP contribution in [0, 0.1) is 0 Å². The van der Waals surface area contributed by atoms with Crippen molar-refractivity contribution in [3.8, 4) is 5.75 Å². The van der Waals surface area contributed by atoms with Crippen LogP contribution in [0.4, 0.5) is 0 Å². The summed E-state index contributed by atoms with van der Waals surface area (Å²) in [4.78, 5) is 17.6. The molecule has 0 bridgehead atoms. The Hall–Kier alpha value is -3.60. The molecule has 2 unspecified atom stereocenters. The van der Waals surface area contributed by atoms with Crippen LogP contribution >= 0.6 is 0 Å². The second-order valence-electron chi connectivity index (χ2n) is 8.24. The molecule has 0 amide bonds. The lowest BCUT2D eigenvalue weighted by Crippen LogP contribution is -2.35. The number of hydrogen-bond donors (Lipinski definition) is 0. The Balaban J connectivity index is 1.42. The fourth-order valence-corrected chi connectivity index (χ4v) is 3.95. The molecule has 2 aliphatic heterocycles. The summed E-state index contributed by atoms with van der Waals surface area (Å²) < 4.78 is 17.7. The van der Waals surface area contributed by atoms with Crippen LogP contribution < -0.4 is 4.74 Å². The van der Waals surface area contributed by atoms with Crippen LogP contribution in [0.15, 0.2) is 83.9 Å². The molecule has 0 N–H and O–H groups in total. The van der Waals surface area contributed by atoms with Gasteiger partial charge in [-0.2, -0.15) is 0 Å². The van der Waals surface area contributed by atoms with E-state index in [-0.39, 0.29) is 12.2 Å². The number of ether oxygens (including phenoxy) is 3. The van der Waals surface area contributed by atoms with Crippen LogP contribution in [0.3, 0.4) is 0 Å². The molecule has 5 heteroatoms. The second-order valence-corrected chi connectivity index (χ2v) is 8.24. The normalized spacial score (nSPS) is 20.5. The van der Waals surface area contributed by atoms with Gasteiger partial charge < -0.3 is 14.2 Å². The van der Waals surface area contributed by atoms with Gasteiger partial charge in [0.1, 0.15) is 18.0 Å². The third-order valence-electron chi connectivity index (χ3n) is 5.62. The fraction of sp³-hybridized carbons (Fsp3) is 0.231. The molecule has 156 valence electrons. The van der Waals surface area contributed by atoms with Crippen LogP contribution in [0.25, 0.3) is 0 Å². The Labute approximate surface area is 181 Å². The van der Waals surface area contributed by atoms with Gasteiger partial charge in [0, 0.05) is 11.1 Å². The van der Waals surface area contributed by atoms with E-state index in [1.165, 1.54) is 0 Å². The topological polar surface area (TPSA) is 57.1 Å². The lowest BCUT2D eigenvalue weighted by atomic mass is 9.89. The minimum absolute atomic E-state index is 0.195. The van der Waals surface area contributed by atoms with Crippen molar-refractivity contribution in [1.82, 2.24) is 0 Å². The van der Waals surface area contributed by atoms with Gasteiger partial charge in [0.2, 0.25) is 5.90 Å². The lowest BCUT2D eigenvalue weighted by Gasteiger charge is -2.39. The zero-order chi connectivity index (χ0) is 21.4. The van der Waals surface area contributed by atoms with Crippen molar-refractivity contribution in [2.75, 3.05) is 0 Å². The quantitative estimate of drug-likeness (QED) is 0.556. The maximum absolute atomic E-state index is 13.0. The van der Waals surface area contributed by atoms with Crippen molar-refractivity contribution >= 4 is 11.9 Å². The molecule has 0 saturated heterocycles. The third kappa shape index (κ3) is 3.67. The van der Waals surface area contributed by atoms with Crippen LogP contribution in [-0.4, -0.2) is 17.9 Å². The van der Waals surface area contributed by atoms with E-state index >= 15 is 0 Å². The monoisotopic (exact) mass is 413 g/mol. The van der Waals surface area contributed by atoms with Gasteiger partial charge in [-0.15, -0.1) is 0 Å². The summed E-state index contributed by atoms with van der Waals surface area (Å²) in [7, 11) is 0. The third-order valence-corrected chi connectivity index (χ3v) is 5.62. The largest absolute Gasteiger partial charge is 0.483 e. The molecule has 3 aromatic carbocycles. The molecule has 0 radical (unpaired) electrons. The summed E-state index contributed by atoms with van der Waals surface area (Å²) in [5.41, 5.74) is 3.44. The summed E-state index contributed by atoms with van der Waals surface area (Å²) in [6.07, 6.45) is -0.573. The molecule has 2 heterocycles. The van der Waals surface area contributed by atoms with Gasteiger partial charge >= 0.3 is 5.97 Å². The molecule has 3 aromatic rings. The number of benzene rings is 3. The number of rotatable bonds is 5. The predicted octanol–water partition coefficient (Wildman–Crippen LogP) is 4.94. The average molecular weight is 413 g/mol. The molecule has 2 aliphatic rings. The first-order valence-corrected chi connectivity index (χ1v) is 10.4. The van der Waals surface area contributed by atoms with Gasteiger partial charge in [0.15, 0.2) is 12.1 Å². The fourth-order valence-electron chi connectivity index (χ4n) is 3.95. The van der Waals surface area contributed by atoms with Gasteiger partial charge in [0.25, 0.3) is 0 Å². The highest BCUT2D eigenvalue weighted by Gasteiger charge is 2.42. The van der Waals surface area contributed by atoms with E-state index in [1.54, 1.807) is 0 Å². The van der Waals surface area contributed by atoms with Gasteiger partial charge in [-0.25, -0.2) is 9.79 Å². The zero-order valence-corrected chi connectivity index (χ0v) is 17.4. The molecule has 0 aliphatic carbocycles. The SMILES string of the molecule is CC1(C)Oc2cc(C3OC(c4ccccc4)=NC3C(=O)OCc3ccccc3)ccc21. The van der Waals surface area contributed by atoms with Gasteiger partial charge in [-0.3, -0.25) is 0 Å². The van der Waals surface area contributed by atoms with Crippen LogP contribution in [-0.2, 0) is 26.5 Å².